The molecule has 1 unspecified atom stereocenters. The molecule has 2 heterocycles. The number of carbonyl (C=O) groups is 1. The van der Waals surface area contributed by atoms with E-state index in [2.05, 4.69) is 44.2 Å². The molecule has 6 nitrogen and oxygen atoms in total. The number of aryl methyl sites for hydroxylation is 1. The Kier molecular flexibility index (Phi) is 6.04. The number of nitrogens with zero attached hydrogens (tertiary/aromatic N) is 2. The highest BCUT2D eigenvalue weighted by molar-refractivity contribution is 6.74. The molecular weight excluding hydrogens is 334 g/mol. The van der Waals surface area contributed by atoms with E-state index in [9.17, 15) is 9.90 Å². The van der Waals surface area contributed by atoms with Gasteiger partial charge in [0.25, 0.3) is 5.91 Å². The van der Waals surface area contributed by atoms with Gasteiger partial charge in [-0.05, 0) is 36.7 Å². The fraction of sp³-hybridized carbons (Fsp3) is 0.667. The van der Waals surface area contributed by atoms with Gasteiger partial charge < -0.3 is 14.8 Å². The Bertz CT molecular complexity index is 593. The van der Waals surface area contributed by atoms with E-state index in [4.69, 9.17) is 4.43 Å². The third kappa shape index (κ3) is 5.34. The van der Waals surface area contributed by atoms with Crippen LogP contribution in [0.25, 0.3) is 0 Å². The molecule has 0 aromatic carbocycles. The summed E-state index contributed by atoms with van der Waals surface area (Å²) in [6, 6.07) is 3.60. The van der Waals surface area contributed by atoms with E-state index in [1.165, 1.54) is 0 Å². The van der Waals surface area contributed by atoms with Crippen LogP contribution in [-0.2, 0) is 9.22 Å². The van der Waals surface area contributed by atoms with Crippen LogP contribution in [0.15, 0.2) is 18.3 Å². The van der Waals surface area contributed by atoms with Crippen LogP contribution in [-0.4, -0.2) is 61.1 Å². The van der Waals surface area contributed by atoms with Crippen LogP contribution in [0.3, 0.4) is 0 Å². The van der Waals surface area contributed by atoms with Crippen molar-refractivity contribution in [2.75, 3.05) is 25.0 Å². The van der Waals surface area contributed by atoms with E-state index >= 15 is 0 Å². The van der Waals surface area contributed by atoms with E-state index < -0.39 is 20.3 Å². The van der Waals surface area contributed by atoms with Gasteiger partial charge in [-0.2, -0.15) is 0 Å². The Hall–Kier alpha value is -1.28. The second-order valence-electron chi connectivity index (χ2n) is 8.44. The van der Waals surface area contributed by atoms with Crippen LogP contribution >= 0.6 is 0 Å². The number of anilines is 1. The van der Waals surface area contributed by atoms with Gasteiger partial charge in [-0.3, -0.25) is 9.69 Å². The molecule has 0 saturated carbocycles. The van der Waals surface area contributed by atoms with Crippen molar-refractivity contribution >= 4 is 20.0 Å². The number of amides is 1. The molecule has 1 aliphatic heterocycles. The number of hydrogen-bond acceptors (Lipinski definition) is 5. The summed E-state index contributed by atoms with van der Waals surface area (Å²) in [5.41, 5.74) is 1.02. The zero-order chi connectivity index (χ0) is 18.8. The van der Waals surface area contributed by atoms with E-state index in [1.807, 2.05) is 17.9 Å². The summed E-state index contributed by atoms with van der Waals surface area (Å²) < 4.78 is 6.32. The van der Waals surface area contributed by atoms with Crippen LogP contribution in [0.4, 0.5) is 5.82 Å². The summed E-state index contributed by atoms with van der Waals surface area (Å²) in [6.07, 6.45) is 0.812. The molecule has 2 N–H and O–H groups in total. The maximum absolute atomic E-state index is 12.1. The molecular formula is C18H31N3O3Si. The number of likely N-dealkylation sites (tertiary alicyclic amines) is 1. The van der Waals surface area contributed by atoms with Crippen molar-refractivity contribution in [3.63, 3.8) is 0 Å². The van der Waals surface area contributed by atoms with E-state index in [1.54, 1.807) is 12.3 Å². The molecule has 1 fully saturated rings. The first-order valence-electron chi connectivity index (χ1n) is 8.80. The molecule has 140 valence electrons. The maximum atomic E-state index is 12.1. The molecule has 1 aromatic rings. The van der Waals surface area contributed by atoms with Crippen molar-refractivity contribution in [2.24, 2.45) is 0 Å². The number of aromatic nitrogens is 1. The van der Waals surface area contributed by atoms with Crippen molar-refractivity contribution in [1.82, 2.24) is 9.88 Å². The highest BCUT2D eigenvalue weighted by Gasteiger charge is 2.42. The third-order valence-corrected chi connectivity index (χ3v) is 9.62. The molecule has 0 spiro atoms. The first-order chi connectivity index (χ1) is 11.5. The predicted molar refractivity (Wildman–Crippen MR) is 102 cm³/mol. The highest BCUT2D eigenvalue weighted by Crippen LogP contribution is 2.38. The molecule has 2 rings (SSSR count). The second-order valence-corrected chi connectivity index (χ2v) is 13.2. The van der Waals surface area contributed by atoms with Gasteiger partial charge in [-0.15, -0.1) is 0 Å². The quantitative estimate of drug-likeness (QED) is 0.757. The summed E-state index contributed by atoms with van der Waals surface area (Å²) in [5.74, 6) is 0.0301. The van der Waals surface area contributed by atoms with Crippen LogP contribution in [0, 0.1) is 6.92 Å². The lowest BCUT2D eigenvalue weighted by atomic mass is 10.1. The Morgan fingerprint density at radius 1 is 1.44 bits per heavy atom. The normalized spacial score (nSPS) is 17.9. The molecule has 0 radical (unpaired) electrons. The van der Waals surface area contributed by atoms with E-state index in [-0.39, 0.29) is 11.1 Å². The highest BCUT2D eigenvalue weighted by atomic mass is 28.4. The number of rotatable bonds is 6. The molecule has 7 heteroatoms. The van der Waals surface area contributed by atoms with Gasteiger partial charge in [0, 0.05) is 25.8 Å². The van der Waals surface area contributed by atoms with Gasteiger partial charge >= 0.3 is 0 Å². The summed E-state index contributed by atoms with van der Waals surface area (Å²) >= 11 is 0. The Balaban J connectivity index is 1.75. The monoisotopic (exact) mass is 365 g/mol. The van der Waals surface area contributed by atoms with Gasteiger partial charge in [0.05, 0.1) is 6.10 Å². The van der Waals surface area contributed by atoms with E-state index in [0.717, 1.165) is 18.7 Å². The minimum absolute atomic E-state index is 0.188. The average Bonchev–Trinajstić information content (AvgIpc) is 2.45. The fourth-order valence-corrected chi connectivity index (χ4v) is 3.75. The first kappa shape index (κ1) is 20.0. The number of pyridine rings is 1. The Morgan fingerprint density at radius 3 is 2.60 bits per heavy atom. The predicted octanol–water partition coefficient (Wildman–Crippen LogP) is 2.40. The van der Waals surface area contributed by atoms with Crippen LogP contribution in [0.2, 0.25) is 18.1 Å². The number of β-amino-alcohol motifs (C(OH)–C–C–N with tert-alkyl or cyclic N) is 1. The number of aliphatic hydroxyl groups is 1. The maximum Gasteiger partial charge on any atom is 0.255 e. The summed E-state index contributed by atoms with van der Waals surface area (Å²) in [7, 11) is -1.76. The Morgan fingerprint density at radius 2 is 2.08 bits per heavy atom. The molecule has 1 saturated heterocycles. The lowest BCUT2D eigenvalue weighted by Gasteiger charge is -2.46. The first-order valence-corrected chi connectivity index (χ1v) is 11.7. The number of nitrogens with one attached hydrogen (secondary N) is 1. The second kappa shape index (κ2) is 7.53. The summed E-state index contributed by atoms with van der Waals surface area (Å²) in [4.78, 5) is 18.2. The Labute approximate surface area is 151 Å². The number of carbonyl (C=O) groups excluding carboxylic acids is 1. The van der Waals surface area contributed by atoms with Crippen molar-refractivity contribution in [1.29, 1.82) is 0 Å². The van der Waals surface area contributed by atoms with Gasteiger partial charge in [-0.25, -0.2) is 4.98 Å². The average molecular weight is 366 g/mol. The molecule has 1 aromatic heterocycles. The SMILES string of the molecule is Cc1ccc(NC(=O)C(O)CN2CC(O[Si](C)(C)C(C)(C)C)C2)nc1. The topological polar surface area (TPSA) is 74.7 Å². The minimum atomic E-state index is -1.76. The molecule has 0 bridgehead atoms. The summed E-state index contributed by atoms with van der Waals surface area (Å²) in [6.45, 7) is 14.9. The van der Waals surface area contributed by atoms with Gasteiger partial charge in [0.1, 0.15) is 11.9 Å². The van der Waals surface area contributed by atoms with Gasteiger partial charge in [0.2, 0.25) is 0 Å². The number of aliphatic hydroxyl groups excluding tert-OH is 1. The fourth-order valence-electron chi connectivity index (χ4n) is 2.42. The van der Waals surface area contributed by atoms with Gasteiger partial charge in [0.15, 0.2) is 8.32 Å². The van der Waals surface area contributed by atoms with Crippen molar-refractivity contribution in [3.8, 4) is 0 Å². The number of hydrogen-bond donors (Lipinski definition) is 2. The van der Waals surface area contributed by atoms with Crippen molar-refractivity contribution in [2.45, 2.75) is 58.0 Å². The molecule has 25 heavy (non-hydrogen) atoms. The summed E-state index contributed by atoms with van der Waals surface area (Å²) in [5, 5.41) is 12.9. The minimum Gasteiger partial charge on any atom is -0.411 e. The third-order valence-electron chi connectivity index (χ3n) is 5.09. The van der Waals surface area contributed by atoms with E-state index in [0.29, 0.717) is 12.4 Å². The smallest absolute Gasteiger partial charge is 0.255 e. The lowest BCUT2D eigenvalue weighted by molar-refractivity contribution is -0.126. The van der Waals surface area contributed by atoms with Crippen molar-refractivity contribution in [3.05, 3.63) is 23.9 Å². The van der Waals surface area contributed by atoms with Crippen molar-refractivity contribution < 1.29 is 14.3 Å². The van der Waals surface area contributed by atoms with Gasteiger partial charge in [-0.1, -0.05) is 26.8 Å². The molecule has 0 aliphatic carbocycles. The zero-order valence-corrected chi connectivity index (χ0v) is 17.2. The van der Waals surface area contributed by atoms with Crippen LogP contribution in [0.5, 0.6) is 0 Å². The van der Waals surface area contributed by atoms with Crippen LogP contribution < -0.4 is 5.32 Å². The molecule has 1 amide bonds. The molecule has 1 atom stereocenters. The lowest BCUT2D eigenvalue weighted by Crippen LogP contribution is -2.59. The largest absolute Gasteiger partial charge is 0.411 e. The standard InChI is InChI=1S/C18H31N3O3Si/c1-13-7-8-16(19-9-13)20-17(23)15(22)12-21-10-14(11-21)24-25(5,6)18(2,3)4/h7-9,14-15,22H,10-12H2,1-6H3,(H,19,20,23). The van der Waals surface area contributed by atoms with Crippen LogP contribution in [0.1, 0.15) is 26.3 Å². The zero-order valence-electron chi connectivity index (χ0n) is 16.2. The molecule has 1 aliphatic rings.